The Morgan fingerprint density at radius 1 is 1.05 bits per heavy atom. The zero-order chi connectivity index (χ0) is 26.2. The second-order valence-electron chi connectivity index (χ2n) is 10.2. The van der Waals surface area contributed by atoms with Gasteiger partial charge in [0.25, 0.3) is 0 Å². The second-order valence-corrected chi connectivity index (χ2v) is 10.6. The molecule has 0 bridgehead atoms. The predicted molar refractivity (Wildman–Crippen MR) is 145 cm³/mol. The van der Waals surface area contributed by atoms with Gasteiger partial charge in [-0.15, -0.1) is 0 Å². The Bertz CT molecular complexity index is 1440. The number of carbonyl (C=O) groups is 2. The lowest BCUT2D eigenvalue weighted by atomic mass is 9.96. The molecule has 2 aromatic heterocycles. The van der Waals surface area contributed by atoms with E-state index in [9.17, 15) is 9.59 Å². The number of benzene rings is 2. The first-order chi connectivity index (χ1) is 17.7. The molecule has 5 rings (SSSR count). The molecule has 0 aliphatic carbocycles. The van der Waals surface area contributed by atoms with Gasteiger partial charge in [0.1, 0.15) is 11.6 Å². The molecule has 7 nitrogen and oxygen atoms in total. The van der Waals surface area contributed by atoms with E-state index in [1.54, 1.807) is 29.4 Å². The number of halogens is 1. The highest BCUT2D eigenvalue weighted by Gasteiger charge is 2.39. The van der Waals surface area contributed by atoms with Crippen LogP contribution in [-0.4, -0.2) is 38.1 Å². The molecule has 0 fully saturated rings. The van der Waals surface area contributed by atoms with Crippen molar-refractivity contribution < 1.29 is 14.3 Å². The van der Waals surface area contributed by atoms with Crippen LogP contribution in [0.4, 0.5) is 10.5 Å². The van der Waals surface area contributed by atoms with Crippen LogP contribution in [0.3, 0.4) is 0 Å². The molecular weight excluding hydrogens is 488 g/mol. The van der Waals surface area contributed by atoms with Gasteiger partial charge in [0.2, 0.25) is 5.91 Å². The molecule has 190 valence electrons. The van der Waals surface area contributed by atoms with Crippen LogP contribution in [0.2, 0.25) is 5.02 Å². The summed E-state index contributed by atoms with van der Waals surface area (Å²) in [6.07, 6.45) is 3.09. The Hall–Kier alpha value is -3.84. The Labute approximate surface area is 221 Å². The predicted octanol–water partition coefficient (Wildman–Crippen LogP) is 6.04. The fourth-order valence-corrected chi connectivity index (χ4v) is 4.90. The van der Waals surface area contributed by atoms with Crippen LogP contribution in [0.5, 0.6) is 0 Å². The largest absolute Gasteiger partial charge is 0.444 e. The number of anilines is 1. The average molecular weight is 517 g/mol. The molecule has 1 unspecified atom stereocenters. The molecule has 3 heterocycles. The SMILES string of the molecule is CC(C)(C)OC(=O)N1Cc2c(c3ccccc3n2Cc2ccc(Cl)cc2)CC1C(=O)Nc1ccncc1. The number of nitrogens with zero attached hydrogens (tertiary/aromatic N) is 3. The van der Waals surface area contributed by atoms with E-state index in [-0.39, 0.29) is 12.5 Å². The van der Waals surface area contributed by atoms with Crippen molar-refractivity contribution in [3.63, 3.8) is 0 Å². The van der Waals surface area contributed by atoms with Gasteiger partial charge in [0.15, 0.2) is 0 Å². The summed E-state index contributed by atoms with van der Waals surface area (Å²) in [6, 6.07) is 18.6. The molecule has 0 spiro atoms. The van der Waals surface area contributed by atoms with E-state index in [4.69, 9.17) is 16.3 Å². The van der Waals surface area contributed by atoms with E-state index in [0.29, 0.717) is 23.7 Å². The number of carbonyl (C=O) groups excluding carboxylic acids is 2. The Morgan fingerprint density at radius 3 is 2.46 bits per heavy atom. The summed E-state index contributed by atoms with van der Waals surface area (Å²) >= 11 is 6.11. The topological polar surface area (TPSA) is 76.5 Å². The third kappa shape index (κ3) is 5.32. The minimum absolute atomic E-state index is 0.251. The summed E-state index contributed by atoms with van der Waals surface area (Å²) in [7, 11) is 0. The fraction of sp³-hybridized carbons (Fsp3) is 0.276. The molecule has 0 saturated heterocycles. The molecule has 37 heavy (non-hydrogen) atoms. The maximum atomic E-state index is 13.5. The number of fused-ring (bicyclic) bond motifs is 3. The number of para-hydroxylation sites is 1. The van der Waals surface area contributed by atoms with Crippen LogP contribution >= 0.6 is 11.6 Å². The van der Waals surface area contributed by atoms with Crippen molar-refractivity contribution in [1.29, 1.82) is 0 Å². The summed E-state index contributed by atoms with van der Waals surface area (Å²) in [5, 5.41) is 4.71. The Kier molecular flexibility index (Phi) is 6.65. The summed E-state index contributed by atoms with van der Waals surface area (Å²) in [5.41, 5.74) is 4.14. The van der Waals surface area contributed by atoms with Gasteiger partial charge >= 0.3 is 6.09 Å². The van der Waals surface area contributed by atoms with Gasteiger partial charge in [0.05, 0.1) is 6.54 Å². The average Bonchev–Trinajstić information content (AvgIpc) is 3.17. The maximum Gasteiger partial charge on any atom is 0.411 e. The standard InChI is InChI=1S/C29H29ClN4O3/c1-29(2,3)37-28(36)34-18-26-23(16-25(34)27(35)32-21-12-14-31-15-13-21)22-6-4-5-7-24(22)33(26)17-19-8-10-20(30)11-9-19/h4-15,25H,16-18H2,1-3H3,(H,31,32,35). The number of rotatable bonds is 4. The monoisotopic (exact) mass is 516 g/mol. The van der Waals surface area contributed by atoms with Gasteiger partial charge in [0, 0.05) is 52.7 Å². The lowest BCUT2D eigenvalue weighted by molar-refractivity contribution is -0.121. The van der Waals surface area contributed by atoms with E-state index in [1.807, 2.05) is 57.2 Å². The molecule has 2 amide bonds. The van der Waals surface area contributed by atoms with Gasteiger partial charge in [-0.05, 0) is 62.2 Å². The van der Waals surface area contributed by atoms with E-state index in [0.717, 1.165) is 27.7 Å². The molecule has 2 aromatic carbocycles. The molecule has 4 aromatic rings. The Balaban J connectivity index is 1.57. The third-order valence-electron chi connectivity index (χ3n) is 6.42. The van der Waals surface area contributed by atoms with Gasteiger partial charge < -0.3 is 14.6 Å². The van der Waals surface area contributed by atoms with Gasteiger partial charge in [-0.1, -0.05) is 41.9 Å². The van der Waals surface area contributed by atoms with Crippen LogP contribution in [-0.2, 0) is 29.0 Å². The first-order valence-corrected chi connectivity index (χ1v) is 12.6. The van der Waals surface area contributed by atoms with Gasteiger partial charge in [-0.25, -0.2) is 4.79 Å². The smallest absolute Gasteiger partial charge is 0.411 e. The van der Waals surface area contributed by atoms with Crippen LogP contribution in [0.15, 0.2) is 73.1 Å². The fourth-order valence-electron chi connectivity index (χ4n) is 4.77. The number of pyridine rings is 1. The number of amides is 2. The van der Waals surface area contributed by atoms with Gasteiger partial charge in [-0.2, -0.15) is 0 Å². The lowest BCUT2D eigenvalue weighted by Crippen LogP contribution is -2.52. The zero-order valence-electron chi connectivity index (χ0n) is 21.1. The summed E-state index contributed by atoms with van der Waals surface area (Å²) in [6.45, 7) is 6.33. The molecular formula is C29H29ClN4O3. The quantitative estimate of drug-likeness (QED) is 0.359. The number of nitrogens with one attached hydrogen (secondary N) is 1. The van der Waals surface area contributed by atoms with Crippen molar-refractivity contribution in [3.8, 4) is 0 Å². The lowest BCUT2D eigenvalue weighted by Gasteiger charge is -2.36. The molecule has 1 aliphatic heterocycles. The minimum Gasteiger partial charge on any atom is -0.444 e. The summed E-state index contributed by atoms with van der Waals surface area (Å²) in [5.74, 6) is -0.266. The number of aromatic nitrogens is 2. The van der Waals surface area contributed by atoms with Crippen molar-refractivity contribution in [3.05, 3.63) is 94.9 Å². The van der Waals surface area contributed by atoms with Crippen LogP contribution < -0.4 is 5.32 Å². The number of hydrogen-bond donors (Lipinski definition) is 1. The molecule has 8 heteroatoms. The van der Waals surface area contributed by atoms with E-state index in [1.165, 1.54) is 0 Å². The van der Waals surface area contributed by atoms with Crippen LogP contribution in [0.25, 0.3) is 10.9 Å². The van der Waals surface area contributed by atoms with Crippen LogP contribution in [0, 0.1) is 0 Å². The normalized spacial score (nSPS) is 15.4. The molecule has 1 N–H and O–H groups in total. The van der Waals surface area contributed by atoms with Gasteiger partial charge in [-0.3, -0.25) is 14.7 Å². The van der Waals surface area contributed by atoms with Crippen molar-refractivity contribution in [2.24, 2.45) is 0 Å². The number of ether oxygens (including phenoxy) is 1. The first-order valence-electron chi connectivity index (χ1n) is 12.2. The van der Waals surface area contributed by atoms with Crippen molar-refractivity contribution in [2.75, 3.05) is 5.32 Å². The highest BCUT2D eigenvalue weighted by molar-refractivity contribution is 6.30. The van der Waals surface area contributed by atoms with Crippen molar-refractivity contribution in [2.45, 2.75) is 51.9 Å². The minimum atomic E-state index is -0.731. The Morgan fingerprint density at radius 2 is 1.76 bits per heavy atom. The molecule has 1 aliphatic rings. The van der Waals surface area contributed by atoms with Crippen LogP contribution in [0.1, 0.15) is 37.6 Å². The number of hydrogen-bond acceptors (Lipinski definition) is 4. The first kappa shape index (κ1) is 24.8. The van der Waals surface area contributed by atoms with E-state index < -0.39 is 17.7 Å². The van der Waals surface area contributed by atoms with E-state index in [2.05, 4.69) is 27.0 Å². The third-order valence-corrected chi connectivity index (χ3v) is 6.67. The summed E-state index contributed by atoms with van der Waals surface area (Å²) < 4.78 is 7.97. The second kappa shape index (κ2) is 9.90. The van der Waals surface area contributed by atoms with Crippen molar-refractivity contribution in [1.82, 2.24) is 14.5 Å². The highest BCUT2D eigenvalue weighted by Crippen LogP contribution is 2.35. The maximum absolute atomic E-state index is 13.5. The van der Waals surface area contributed by atoms with E-state index >= 15 is 0 Å². The molecule has 0 radical (unpaired) electrons. The summed E-state index contributed by atoms with van der Waals surface area (Å²) in [4.78, 5) is 32.5. The van der Waals surface area contributed by atoms with Crippen molar-refractivity contribution >= 4 is 40.2 Å². The highest BCUT2D eigenvalue weighted by atomic mass is 35.5. The zero-order valence-corrected chi connectivity index (χ0v) is 21.8. The molecule has 1 atom stereocenters. The molecule has 0 saturated carbocycles.